The van der Waals surface area contributed by atoms with Crippen LogP contribution in [0.4, 0.5) is 0 Å². The van der Waals surface area contributed by atoms with Crippen LogP contribution in [0.1, 0.15) is 32.7 Å². The molecule has 0 atom stereocenters. The minimum atomic E-state index is -0.0885. The van der Waals surface area contributed by atoms with Gasteiger partial charge in [-0.3, -0.25) is 9.78 Å². The molecule has 0 radical (unpaired) electrons. The van der Waals surface area contributed by atoms with Crippen molar-refractivity contribution < 1.29 is 4.79 Å². The van der Waals surface area contributed by atoms with Crippen LogP contribution in [0.2, 0.25) is 5.02 Å². The SMILES string of the molecule is Cc1cnc(C(=O)c2ccc(C)c(Cl)c2)c(C)c1. The molecule has 0 aliphatic rings. The average molecular weight is 260 g/mol. The first-order valence-corrected chi connectivity index (χ1v) is 6.11. The topological polar surface area (TPSA) is 30.0 Å². The number of carbonyl (C=O) groups is 1. The van der Waals surface area contributed by atoms with Gasteiger partial charge in [-0.15, -0.1) is 0 Å². The summed E-state index contributed by atoms with van der Waals surface area (Å²) in [6, 6.07) is 7.28. The first kappa shape index (κ1) is 12.8. The molecule has 2 rings (SSSR count). The highest BCUT2D eigenvalue weighted by Gasteiger charge is 2.14. The van der Waals surface area contributed by atoms with E-state index in [-0.39, 0.29) is 5.78 Å². The lowest BCUT2D eigenvalue weighted by Crippen LogP contribution is -2.07. The van der Waals surface area contributed by atoms with Crippen molar-refractivity contribution in [2.75, 3.05) is 0 Å². The summed E-state index contributed by atoms with van der Waals surface area (Å²) in [6.07, 6.45) is 1.70. The summed E-state index contributed by atoms with van der Waals surface area (Å²) >= 11 is 6.04. The number of rotatable bonds is 2. The number of carbonyl (C=O) groups excluding carboxylic acids is 1. The van der Waals surface area contributed by atoms with Crippen LogP contribution in [-0.2, 0) is 0 Å². The second-order valence-electron chi connectivity index (χ2n) is 4.47. The molecule has 1 heterocycles. The highest BCUT2D eigenvalue weighted by atomic mass is 35.5. The summed E-state index contributed by atoms with van der Waals surface area (Å²) in [5, 5.41) is 0.602. The van der Waals surface area contributed by atoms with E-state index in [0.717, 1.165) is 16.7 Å². The van der Waals surface area contributed by atoms with Crippen molar-refractivity contribution in [3.63, 3.8) is 0 Å². The largest absolute Gasteiger partial charge is 0.287 e. The average Bonchev–Trinajstić information content (AvgIpc) is 2.32. The molecule has 1 aromatic carbocycles. The zero-order valence-corrected chi connectivity index (χ0v) is 11.4. The van der Waals surface area contributed by atoms with E-state index in [2.05, 4.69) is 4.98 Å². The first-order chi connectivity index (χ1) is 8.49. The van der Waals surface area contributed by atoms with E-state index in [1.807, 2.05) is 32.9 Å². The monoisotopic (exact) mass is 259 g/mol. The molecule has 2 nitrogen and oxygen atoms in total. The summed E-state index contributed by atoms with van der Waals surface area (Å²) in [5.74, 6) is -0.0885. The summed E-state index contributed by atoms with van der Waals surface area (Å²) in [5.41, 5.74) is 3.95. The van der Waals surface area contributed by atoms with Gasteiger partial charge >= 0.3 is 0 Å². The van der Waals surface area contributed by atoms with Crippen LogP contribution in [0.3, 0.4) is 0 Å². The molecule has 0 bridgehead atoms. The van der Waals surface area contributed by atoms with E-state index >= 15 is 0 Å². The molecule has 2 aromatic rings. The van der Waals surface area contributed by atoms with Crippen LogP contribution < -0.4 is 0 Å². The molecule has 0 N–H and O–H groups in total. The first-order valence-electron chi connectivity index (χ1n) is 5.73. The highest BCUT2D eigenvalue weighted by molar-refractivity contribution is 6.31. The van der Waals surface area contributed by atoms with E-state index in [1.165, 1.54) is 0 Å². The molecule has 0 aliphatic carbocycles. The zero-order chi connectivity index (χ0) is 13.3. The van der Waals surface area contributed by atoms with E-state index in [4.69, 9.17) is 11.6 Å². The maximum absolute atomic E-state index is 12.3. The van der Waals surface area contributed by atoms with Crippen LogP contribution in [-0.4, -0.2) is 10.8 Å². The summed E-state index contributed by atoms with van der Waals surface area (Å²) in [6.45, 7) is 5.76. The van der Waals surface area contributed by atoms with Gasteiger partial charge in [0.25, 0.3) is 0 Å². The van der Waals surface area contributed by atoms with Crippen LogP contribution >= 0.6 is 11.6 Å². The third-order valence-electron chi connectivity index (χ3n) is 2.86. The fourth-order valence-electron chi connectivity index (χ4n) is 1.82. The molecule has 0 saturated carbocycles. The van der Waals surface area contributed by atoms with Gasteiger partial charge in [0.2, 0.25) is 5.78 Å². The smallest absolute Gasteiger partial charge is 0.211 e. The number of aryl methyl sites for hydroxylation is 3. The van der Waals surface area contributed by atoms with E-state index in [0.29, 0.717) is 16.3 Å². The second-order valence-corrected chi connectivity index (χ2v) is 4.88. The number of halogens is 1. The maximum atomic E-state index is 12.3. The van der Waals surface area contributed by atoms with Gasteiger partial charge in [-0.25, -0.2) is 0 Å². The molecular weight excluding hydrogens is 246 g/mol. The summed E-state index contributed by atoms with van der Waals surface area (Å²) in [4.78, 5) is 16.5. The van der Waals surface area contributed by atoms with Gasteiger partial charge in [-0.05, 0) is 43.5 Å². The predicted molar refractivity (Wildman–Crippen MR) is 73.3 cm³/mol. The standard InChI is InChI=1S/C15H14ClNO/c1-9-6-11(3)14(17-8-9)15(18)12-5-4-10(2)13(16)7-12/h4-8H,1-3H3. The molecule has 0 aliphatic heterocycles. The number of pyridine rings is 1. The Hall–Kier alpha value is -1.67. The normalized spacial score (nSPS) is 10.4. The van der Waals surface area contributed by atoms with Gasteiger partial charge in [0, 0.05) is 16.8 Å². The number of benzene rings is 1. The Morgan fingerprint density at radius 2 is 1.83 bits per heavy atom. The van der Waals surface area contributed by atoms with Gasteiger partial charge < -0.3 is 0 Å². The molecule has 0 fully saturated rings. The third kappa shape index (κ3) is 2.44. The fraction of sp³-hybridized carbons (Fsp3) is 0.200. The van der Waals surface area contributed by atoms with Crippen molar-refractivity contribution in [2.24, 2.45) is 0 Å². The molecule has 0 amide bonds. The van der Waals surface area contributed by atoms with E-state index < -0.39 is 0 Å². The third-order valence-corrected chi connectivity index (χ3v) is 3.27. The second kappa shape index (κ2) is 4.91. The molecule has 1 aromatic heterocycles. The molecule has 92 valence electrons. The molecule has 0 unspecified atom stereocenters. The van der Waals surface area contributed by atoms with E-state index in [9.17, 15) is 4.79 Å². The number of hydrogen-bond donors (Lipinski definition) is 0. The number of hydrogen-bond acceptors (Lipinski definition) is 2. The van der Waals surface area contributed by atoms with E-state index in [1.54, 1.807) is 18.3 Å². The molecular formula is C15H14ClNO. The van der Waals surface area contributed by atoms with Gasteiger partial charge in [0.1, 0.15) is 5.69 Å². The van der Waals surface area contributed by atoms with Gasteiger partial charge in [0.15, 0.2) is 0 Å². The van der Waals surface area contributed by atoms with Crippen molar-refractivity contribution in [3.8, 4) is 0 Å². The molecule has 0 saturated heterocycles. The lowest BCUT2D eigenvalue weighted by Gasteiger charge is -2.06. The fourth-order valence-corrected chi connectivity index (χ4v) is 2.00. The lowest BCUT2D eigenvalue weighted by molar-refractivity contribution is 0.103. The van der Waals surface area contributed by atoms with Crippen molar-refractivity contribution in [2.45, 2.75) is 20.8 Å². The lowest BCUT2D eigenvalue weighted by atomic mass is 10.0. The minimum Gasteiger partial charge on any atom is -0.287 e. The maximum Gasteiger partial charge on any atom is 0.211 e. The molecule has 0 spiro atoms. The molecule has 18 heavy (non-hydrogen) atoms. The van der Waals surface area contributed by atoms with Crippen molar-refractivity contribution in [1.82, 2.24) is 4.98 Å². The highest BCUT2D eigenvalue weighted by Crippen LogP contribution is 2.19. The summed E-state index contributed by atoms with van der Waals surface area (Å²) in [7, 11) is 0. The summed E-state index contributed by atoms with van der Waals surface area (Å²) < 4.78 is 0. The number of nitrogens with zero attached hydrogens (tertiary/aromatic N) is 1. The molecule has 3 heteroatoms. The van der Waals surface area contributed by atoms with Crippen LogP contribution in [0, 0.1) is 20.8 Å². The van der Waals surface area contributed by atoms with Gasteiger partial charge in [0.05, 0.1) is 0 Å². The van der Waals surface area contributed by atoms with Gasteiger partial charge in [-0.1, -0.05) is 29.8 Å². The zero-order valence-electron chi connectivity index (χ0n) is 10.6. The quantitative estimate of drug-likeness (QED) is 0.766. The Morgan fingerprint density at radius 3 is 2.44 bits per heavy atom. The minimum absolute atomic E-state index is 0.0885. The van der Waals surface area contributed by atoms with Gasteiger partial charge in [-0.2, -0.15) is 0 Å². The Labute approximate surface area is 112 Å². The van der Waals surface area contributed by atoms with Crippen LogP contribution in [0.5, 0.6) is 0 Å². The van der Waals surface area contributed by atoms with Crippen molar-refractivity contribution in [3.05, 3.63) is 63.4 Å². The Bertz CT molecular complexity index is 620. The Balaban J connectivity index is 2.44. The Morgan fingerprint density at radius 1 is 1.11 bits per heavy atom. The number of ketones is 1. The van der Waals surface area contributed by atoms with Crippen molar-refractivity contribution >= 4 is 17.4 Å². The number of aromatic nitrogens is 1. The Kier molecular flexibility index (Phi) is 3.48. The van der Waals surface area contributed by atoms with Crippen molar-refractivity contribution in [1.29, 1.82) is 0 Å². The van der Waals surface area contributed by atoms with Crippen LogP contribution in [0.25, 0.3) is 0 Å². The predicted octanol–water partition coefficient (Wildman–Crippen LogP) is 3.89. The van der Waals surface area contributed by atoms with Crippen LogP contribution in [0.15, 0.2) is 30.5 Å².